The molecule has 0 atom stereocenters. The third-order valence-corrected chi connectivity index (χ3v) is 3.57. The van der Waals surface area contributed by atoms with Crippen LogP contribution in [0.4, 0.5) is 0 Å². The number of hydrogen-bond donors (Lipinski definition) is 1. The van der Waals surface area contributed by atoms with E-state index in [1.165, 1.54) is 12.8 Å². The fourth-order valence-corrected chi connectivity index (χ4v) is 2.68. The summed E-state index contributed by atoms with van der Waals surface area (Å²) in [5, 5.41) is 9.10. The summed E-state index contributed by atoms with van der Waals surface area (Å²) in [7, 11) is 0. The van der Waals surface area contributed by atoms with Crippen molar-refractivity contribution in [3.8, 4) is 6.07 Å². The Balaban J connectivity index is 2.47. The first kappa shape index (κ1) is 10.2. The number of nitrogens with two attached hydrogens (primary N) is 1. The molecule has 0 unspecified atom stereocenters. The largest absolute Gasteiger partial charge is 0.330 e. The highest BCUT2D eigenvalue weighted by atomic mass is 14.6. The fourth-order valence-electron chi connectivity index (χ4n) is 2.68. The maximum atomic E-state index is 9.10. The summed E-state index contributed by atoms with van der Waals surface area (Å²) in [6.45, 7) is 0.658. The van der Waals surface area contributed by atoms with Gasteiger partial charge in [0.1, 0.15) is 0 Å². The minimum atomic E-state index is 0.0757. The van der Waals surface area contributed by atoms with Gasteiger partial charge in [0.15, 0.2) is 0 Å². The molecule has 15 heavy (non-hydrogen) atoms. The Bertz CT molecular complexity index is 384. The number of nitrogens with zero attached hydrogens (tertiary/aromatic N) is 1. The molecule has 1 aromatic rings. The molecule has 2 N–H and O–H groups in total. The zero-order chi connectivity index (χ0) is 10.7. The van der Waals surface area contributed by atoms with E-state index >= 15 is 0 Å². The molecule has 2 nitrogen and oxygen atoms in total. The van der Waals surface area contributed by atoms with E-state index in [1.54, 1.807) is 0 Å². The lowest BCUT2D eigenvalue weighted by Crippen LogP contribution is -2.32. The molecular formula is C13H16N2. The molecule has 1 aromatic carbocycles. The van der Waals surface area contributed by atoms with Crippen LogP contribution in [0.3, 0.4) is 0 Å². The zero-order valence-corrected chi connectivity index (χ0v) is 8.87. The molecule has 0 bridgehead atoms. The van der Waals surface area contributed by atoms with Crippen LogP contribution in [-0.2, 0) is 5.41 Å². The first-order chi connectivity index (χ1) is 7.32. The quantitative estimate of drug-likeness (QED) is 0.796. The van der Waals surface area contributed by atoms with Crippen molar-refractivity contribution in [2.75, 3.05) is 6.54 Å². The van der Waals surface area contributed by atoms with E-state index in [4.69, 9.17) is 11.0 Å². The van der Waals surface area contributed by atoms with Gasteiger partial charge in [0.25, 0.3) is 0 Å². The Morgan fingerprint density at radius 2 is 1.93 bits per heavy atom. The lowest BCUT2D eigenvalue weighted by atomic mass is 9.77. The molecule has 0 amide bonds. The first-order valence-corrected chi connectivity index (χ1v) is 5.52. The molecule has 0 radical (unpaired) electrons. The van der Waals surface area contributed by atoms with Crippen LogP contribution in [0.1, 0.15) is 36.8 Å². The van der Waals surface area contributed by atoms with Gasteiger partial charge in [-0.25, -0.2) is 0 Å². The summed E-state index contributed by atoms with van der Waals surface area (Å²) in [5.41, 5.74) is 7.95. The second kappa shape index (κ2) is 4.04. The number of rotatable bonds is 2. The molecule has 78 valence electrons. The first-order valence-electron chi connectivity index (χ1n) is 5.52. The lowest BCUT2D eigenvalue weighted by Gasteiger charge is -2.28. The molecule has 0 spiro atoms. The normalized spacial score (nSPS) is 18.7. The van der Waals surface area contributed by atoms with Crippen molar-refractivity contribution in [1.29, 1.82) is 5.26 Å². The van der Waals surface area contributed by atoms with Crippen LogP contribution < -0.4 is 5.73 Å². The third-order valence-electron chi connectivity index (χ3n) is 3.57. The lowest BCUT2D eigenvalue weighted by molar-refractivity contribution is 0.452. The predicted molar refractivity (Wildman–Crippen MR) is 60.4 cm³/mol. The molecular weight excluding hydrogens is 184 g/mol. The van der Waals surface area contributed by atoms with Gasteiger partial charge < -0.3 is 5.73 Å². The van der Waals surface area contributed by atoms with Crippen LogP contribution in [0, 0.1) is 11.3 Å². The van der Waals surface area contributed by atoms with Gasteiger partial charge in [0.2, 0.25) is 0 Å². The van der Waals surface area contributed by atoms with E-state index in [0.29, 0.717) is 6.54 Å². The van der Waals surface area contributed by atoms with Crippen molar-refractivity contribution < 1.29 is 0 Å². The van der Waals surface area contributed by atoms with Gasteiger partial charge in [0, 0.05) is 12.0 Å². The molecule has 1 saturated carbocycles. The van der Waals surface area contributed by atoms with Crippen LogP contribution in [0.5, 0.6) is 0 Å². The summed E-state index contributed by atoms with van der Waals surface area (Å²) in [4.78, 5) is 0. The van der Waals surface area contributed by atoms with Gasteiger partial charge in [-0.3, -0.25) is 0 Å². The highest BCUT2D eigenvalue weighted by molar-refractivity contribution is 5.43. The maximum Gasteiger partial charge on any atom is 0.0994 e. The summed E-state index contributed by atoms with van der Waals surface area (Å²) in [5.74, 6) is 0. The Labute approximate surface area is 90.7 Å². The fraction of sp³-hybridized carbons (Fsp3) is 0.462. The Morgan fingerprint density at radius 3 is 2.53 bits per heavy atom. The summed E-state index contributed by atoms with van der Waals surface area (Å²) in [6, 6.07) is 10.2. The minimum Gasteiger partial charge on any atom is -0.330 e. The number of nitriles is 1. The SMILES string of the molecule is N#Cc1ccccc1C1(CN)CCCC1. The zero-order valence-electron chi connectivity index (χ0n) is 8.87. The van der Waals surface area contributed by atoms with Gasteiger partial charge >= 0.3 is 0 Å². The van der Waals surface area contributed by atoms with Crippen molar-refractivity contribution in [3.05, 3.63) is 35.4 Å². The van der Waals surface area contributed by atoms with Gasteiger partial charge in [-0.1, -0.05) is 31.0 Å². The van der Waals surface area contributed by atoms with Crippen molar-refractivity contribution in [3.63, 3.8) is 0 Å². The van der Waals surface area contributed by atoms with Crippen LogP contribution in [0.15, 0.2) is 24.3 Å². The Kier molecular flexibility index (Phi) is 2.75. The van der Waals surface area contributed by atoms with Crippen molar-refractivity contribution in [1.82, 2.24) is 0 Å². The third kappa shape index (κ3) is 1.64. The summed E-state index contributed by atoms with van der Waals surface area (Å²) < 4.78 is 0. The van der Waals surface area contributed by atoms with E-state index in [9.17, 15) is 0 Å². The molecule has 1 aliphatic rings. The summed E-state index contributed by atoms with van der Waals surface area (Å²) >= 11 is 0. The Hall–Kier alpha value is -1.33. The van der Waals surface area contributed by atoms with E-state index < -0.39 is 0 Å². The van der Waals surface area contributed by atoms with Crippen LogP contribution in [-0.4, -0.2) is 6.54 Å². The van der Waals surface area contributed by atoms with E-state index in [0.717, 1.165) is 24.0 Å². The standard InChI is InChI=1S/C13H16N2/c14-9-11-5-1-2-6-12(11)13(10-15)7-3-4-8-13/h1-2,5-6H,3-4,7-8,10,15H2. The maximum absolute atomic E-state index is 9.10. The van der Waals surface area contributed by atoms with Crippen LogP contribution in [0.25, 0.3) is 0 Å². The minimum absolute atomic E-state index is 0.0757. The van der Waals surface area contributed by atoms with Gasteiger partial charge in [-0.2, -0.15) is 5.26 Å². The van der Waals surface area contributed by atoms with E-state index in [2.05, 4.69) is 12.1 Å². The number of benzene rings is 1. The van der Waals surface area contributed by atoms with E-state index in [1.807, 2.05) is 18.2 Å². The predicted octanol–water partition coefficient (Wildman–Crippen LogP) is 2.33. The molecule has 2 rings (SSSR count). The second-order valence-electron chi connectivity index (χ2n) is 4.35. The van der Waals surface area contributed by atoms with Crippen LogP contribution in [0.2, 0.25) is 0 Å². The molecule has 2 heteroatoms. The molecule has 0 saturated heterocycles. The molecule has 0 aromatic heterocycles. The van der Waals surface area contributed by atoms with Gasteiger partial charge in [-0.15, -0.1) is 0 Å². The highest BCUT2D eigenvalue weighted by Gasteiger charge is 2.35. The van der Waals surface area contributed by atoms with E-state index in [-0.39, 0.29) is 5.41 Å². The van der Waals surface area contributed by atoms with Gasteiger partial charge in [0.05, 0.1) is 11.6 Å². The Morgan fingerprint density at radius 1 is 1.27 bits per heavy atom. The summed E-state index contributed by atoms with van der Waals surface area (Å²) in [6.07, 6.45) is 4.72. The van der Waals surface area contributed by atoms with Crippen molar-refractivity contribution in [2.24, 2.45) is 5.73 Å². The van der Waals surface area contributed by atoms with Crippen molar-refractivity contribution >= 4 is 0 Å². The highest BCUT2D eigenvalue weighted by Crippen LogP contribution is 2.41. The molecule has 1 fully saturated rings. The van der Waals surface area contributed by atoms with Gasteiger partial charge in [-0.05, 0) is 24.5 Å². The monoisotopic (exact) mass is 200 g/mol. The van der Waals surface area contributed by atoms with Crippen molar-refractivity contribution in [2.45, 2.75) is 31.1 Å². The molecule has 1 aliphatic carbocycles. The second-order valence-corrected chi connectivity index (χ2v) is 4.35. The average molecular weight is 200 g/mol. The number of hydrogen-bond acceptors (Lipinski definition) is 2. The molecule has 0 aliphatic heterocycles. The average Bonchev–Trinajstić information content (AvgIpc) is 2.79. The smallest absolute Gasteiger partial charge is 0.0994 e. The van der Waals surface area contributed by atoms with Crippen LogP contribution >= 0.6 is 0 Å². The topological polar surface area (TPSA) is 49.8 Å². The molecule has 0 heterocycles.